The first-order valence-electron chi connectivity index (χ1n) is 6.50. The predicted octanol–water partition coefficient (Wildman–Crippen LogP) is 2.99. The second kappa shape index (κ2) is 7.71. The number of nitrogens with one attached hydrogen (secondary N) is 2. The van der Waals surface area contributed by atoms with Crippen molar-refractivity contribution in [3.05, 3.63) is 59.1 Å². The summed E-state index contributed by atoms with van der Waals surface area (Å²) < 4.78 is 13.0. The highest BCUT2D eigenvalue weighted by atomic mass is 35.5. The molecule has 0 fully saturated rings. The monoisotopic (exact) mass is 307 g/mol. The van der Waals surface area contributed by atoms with E-state index < -0.39 is 5.82 Å². The fraction of sp³-hybridized carbons (Fsp3) is 0.200. The van der Waals surface area contributed by atoms with Crippen molar-refractivity contribution >= 4 is 23.2 Å². The van der Waals surface area contributed by atoms with Crippen molar-refractivity contribution in [2.45, 2.75) is 13.0 Å². The third kappa shape index (κ3) is 5.13. The van der Waals surface area contributed by atoms with E-state index >= 15 is 0 Å². The molecule has 0 bridgehead atoms. The van der Waals surface area contributed by atoms with Crippen LogP contribution in [-0.2, 0) is 11.3 Å². The van der Waals surface area contributed by atoms with Crippen molar-refractivity contribution in [2.75, 3.05) is 11.9 Å². The molecule has 1 heterocycles. The molecule has 0 saturated carbocycles. The number of hydrogen-bond donors (Lipinski definition) is 2. The van der Waals surface area contributed by atoms with Crippen molar-refractivity contribution in [3.63, 3.8) is 0 Å². The van der Waals surface area contributed by atoms with Crippen LogP contribution < -0.4 is 10.6 Å². The minimum Gasteiger partial charge on any atom is -0.326 e. The number of amides is 1. The molecule has 0 radical (unpaired) electrons. The number of aromatic nitrogens is 1. The molecule has 0 atom stereocenters. The van der Waals surface area contributed by atoms with E-state index in [1.807, 2.05) is 18.2 Å². The number of halogens is 2. The van der Waals surface area contributed by atoms with E-state index in [9.17, 15) is 9.18 Å². The number of pyridine rings is 1. The van der Waals surface area contributed by atoms with Crippen LogP contribution in [-0.4, -0.2) is 17.4 Å². The molecule has 0 aliphatic rings. The van der Waals surface area contributed by atoms with Gasteiger partial charge < -0.3 is 10.6 Å². The number of nitrogens with zero attached hydrogens (tertiary/aromatic N) is 1. The Morgan fingerprint density at radius 2 is 2.14 bits per heavy atom. The van der Waals surface area contributed by atoms with Crippen molar-refractivity contribution in [1.82, 2.24) is 10.3 Å². The predicted molar refractivity (Wildman–Crippen MR) is 80.6 cm³/mol. The van der Waals surface area contributed by atoms with Gasteiger partial charge in [0.2, 0.25) is 5.91 Å². The maximum Gasteiger partial charge on any atom is 0.225 e. The van der Waals surface area contributed by atoms with Crippen LogP contribution in [0.3, 0.4) is 0 Å². The minimum atomic E-state index is -0.508. The molecule has 0 aliphatic heterocycles. The van der Waals surface area contributed by atoms with Gasteiger partial charge in [-0.05, 0) is 30.3 Å². The Bertz CT molecular complexity index is 607. The van der Waals surface area contributed by atoms with Gasteiger partial charge in [-0.25, -0.2) is 4.39 Å². The first-order chi connectivity index (χ1) is 10.1. The van der Waals surface area contributed by atoms with Crippen LogP contribution in [0.2, 0.25) is 5.02 Å². The number of anilines is 1. The SMILES string of the molecule is O=C(CCNCc1ccccn1)Nc1ccc(F)c(Cl)c1. The van der Waals surface area contributed by atoms with Gasteiger partial charge in [0, 0.05) is 31.4 Å². The molecule has 0 aliphatic carbocycles. The molecule has 0 unspecified atom stereocenters. The summed E-state index contributed by atoms with van der Waals surface area (Å²) in [6.07, 6.45) is 2.03. The molecule has 1 aromatic carbocycles. The maximum atomic E-state index is 13.0. The van der Waals surface area contributed by atoms with Crippen LogP contribution >= 0.6 is 11.6 Å². The fourth-order valence-electron chi connectivity index (χ4n) is 1.72. The Hall–Kier alpha value is -1.98. The van der Waals surface area contributed by atoms with Crippen molar-refractivity contribution in [3.8, 4) is 0 Å². The molecule has 1 amide bonds. The average molecular weight is 308 g/mol. The standard InChI is InChI=1S/C15H15ClFN3O/c16-13-9-11(4-5-14(13)17)20-15(21)6-8-18-10-12-3-1-2-7-19-12/h1-5,7,9,18H,6,8,10H2,(H,20,21). The number of benzene rings is 1. The number of hydrogen-bond acceptors (Lipinski definition) is 3. The van der Waals surface area contributed by atoms with Gasteiger partial charge in [-0.1, -0.05) is 17.7 Å². The second-order valence-electron chi connectivity index (χ2n) is 4.42. The molecule has 2 rings (SSSR count). The molecular weight excluding hydrogens is 293 g/mol. The number of carbonyl (C=O) groups is 1. The molecule has 6 heteroatoms. The highest BCUT2D eigenvalue weighted by Crippen LogP contribution is 2.19. The van der Waals surface area contributed by atoms with E-state index in [0.29, 0.717) is 25.2 Å². The smallest absolute Gasteiger partial charge is 0.225 e. The largest absolute Gasteiger partial charge is 0.326 e. The summed E-state index contributed by atoms with van der Waals surface area (Å²) in [6, 6.07) is 9.75. The summed E-state index contributed by atoms with van der Waals surface area (Å²) in [5.41, 5.74) is 1.40. The zero-order chi connectivity index (χ0) is 15.1. The molecule has 110 valence electrons. The van der Waals surface area contributed by atoms with E-state index in [0.717, 1.165) is 5.69 Å². The molecule has 0 spiro atoms. The lowest BCUT2D eigenvalue weighted by Crippen LogP contribution is -2.21. The fourth-order valence-corrected chi connectivity index (χ4v) is 1.90. The van der Waals surface area contributed by atoms with E-state index in [4.69, 9.17) is 11.6 Å². The molecule has 4 nitrogen and oxygen atoms in total. The molecule has 21 heavy (non-hydrogen) atoms. The van der Waals surface area contributed by atoms with E-state index in [-0.39, 0.29) is 10.9 Å². The van der Waals surface area contributed by atoms with Gasteiger partial charge in [-0.15, -0.1) is 0 Å². The summed E-state index contributed by atoms with van der Waals surface area (Å²) in [5, 5.41) is 5.78. The Balaban J connectivity index is 1.71. The Labute approximate surface area is 127 Å². The van der Waals surface area contributed by atoms with Gasteiger partial charge in [0.05, 0.1) is 10.7 Å². The zero-order valence-electron chi connectivity index (χ0n) is 11.3. The summed E-state index contributed by atoms with van der Waals surface area (Å²) in [6.45, 7) is 1.13. The Morgan fingerprint density at radius 3 is 2.86 bits per heavy atom. The summed E-state index contributed by atoms with van der Waals surface area (Å²) >= 11 is 5.65. The molecule has 2 aromatic rings. The van der Waals surface area contributed by atoms with Gasteiger partial charge in [-0.3, -0.25) is 9.78 Å². The molecular formula is C15H15ClFN3O. The molecule has 1 aromatic heterocycles. The zero-order valence-corrected chi connectivity index (χ0v) is 12.0. The van der Waals surface area contributed by atoms with Crippen LogP contribution in [0.1, 0.15) is 12.1 Å². The number of rotatable bonds is 6. The third-order valence-corrected chi connectivity index (χ3v) is 3.05. The van der Waals surface area contributed by atoms with E-state index in [2.05, 4.69) is 15.6 Å². The van der Waals surface area contributed by atoms with E-state index in [1.54, 1.807) is 6.20 Å². The first-order valence-corrected chi connectivity index (χ1v) is 6.88. The highest BCUT2D eigenvalue weighted by Gasteiger charge is 2.05. The van der Waals surface area contributed by atoms with Crippen LogP contribution in [0.15, 0.2) is 42.6 Å². The average Bonchev–Trinajstić information content (AvgIpc) is 2.49. The first kappa shape index (κ1) is 15.4. The Kier molecular flexibility index (Phi) is 5.66. The van der Waals surface area contributed by atoms with Gasteiger partial charge >= 0.3 is 0 Å². The van der Waals surface area contributed by atoms with Gasteiger partial charge in [-0.2, -0.15) is 0 Å². The Morgan fingerprint density at radius 1 is 1.29 bits per heavy atom. The van der Waals surface area contributed by atoms with Gasteiger partial charge in [0.25, 0.3) is 0 Å². The minimum absolute atomic E-state index is 0.0129. The van der Waals surface area contributed by atoms with Crippen molar-refractivity contribution in [2.24, 2.45) is 0 Å². The molecule has 0 saturated heterocycles. The van der Waals surface area contributed by atoms with Crippen LogP contribution in [0.5, 0.6) is 0 Å². The van der Waals surface area contributed by atoms with Crippen LogP contribution in [0.25, 0.3) is 0 Å². The lowest BCUT2D eigenvalue weighted by atomic mass is 10.3. The van der Waals surface area contributed by atoms with Gasteiger partial charge in [0.15, 0.2) is 0 Å². The summed E-state index contributed by atoms with van der Waals surface area (Å²) in [7, 11) is 0. The van der Waals surface area contributed by atoms with Crippen molar-refractivity contribution < 1.29 is 9.18 Å². The molecule has 2 N–H and O–H groups in total. The lowest BCUT2D eigenvalue weighted by Gasteiger charge is -2.07. The van der Waals surface area contributed by atoms with E-state index in [1.165, 1.54) is 18.2 Å². The van der Waals surface area contributed by atoms with Crippen LogP contribution in [0, 0.1) is 5.82 Å². The normalized spacial score (nSPS) is 10.4. The summed E-state index contributed by atoms with van der Waals surface area (Å²) in [5.74, 6) is -0.669. The summed E-state index contributed by atoms with van der Waals surface area (Å²) in [4.78, 5) is 15.9. The highest BCUT2D eigenvalue weighted by molar-refractivity contribution is 6.31. The van der Waals surface area contributed by atoms with Crippen LogP contribution in [0.4, 0.5) is 10.1 Å². The lowest BCUT2D eigenvalue weighted by molar-refractivity contribution is -0.116. The topological polar surface area (TPSA) is 54.0 Å². The third-order valence-electron chi connectivity index (χ3n) is 2.76. The van der Waals surface area contributed by atoms with Crippen molar-refractivity contribution in [1.29, 1.82) is 0 Å². The number of carbonyl (C=O) groups excluding carboxylic acids is 1. The van der Waals surface area contributed by atoms with Gasteiger partial charge in [0.1, 0.15) is 5.82 Å². The maximum absolute atomic E-state index is 13.0. The quantitative estimate of drug-likeness (QED) is 0.807. The second-order valence-corrected chi connectivity index (χ2v) is 4.83.